The average Bonchev–Trinajstić information content (AvgIpc) is 0.918. The summed E-state index contributed by atoms with van der Waals surface area (Å²) in [6, 6.07) is 0. The molecule has 0 heterocycles. The minimum absolute atomic E-state index is 0.0755. The number of aliphatic hydroxyl groups is 1. The van der Waals surface area contributed by atoms with Crippen LogP contribution in [0.4, 0.5) is 0 Å². The van der Waals surface area contributed by atoms with E-state index in [1.807, 2.05) is 0 Å². The van der Waals surface area contributed by atoms with Crippen LogP contribution in [-0.4, -0.2) is 96.7 Å². The monoisotopic (exact) mass is 1500 g/mol. The molecule has 0 aliphatic heterocycles. The van der Waals surface area contributed by atoms with Crippen molar-refractivity contribution in [3.05, 3.63) is 122 Å². The third-order valence-corrected chi connectivity index (χ3v) is 18.8. The van der Waals surface area contributed by atoms with Crippen LogP contribution in [-0.2, 0) is 65.4 Å². The number of hydrogen-bond acceptors (Lipinski definition) is 15. The van der Waals surface area contributed by atoms with Crippen molar-refractivity contribution in [2.24, 2.45) is 0 Å². The molecule has 598 valence electrons. The van der Waals surface area contributed by atoms with Gasteiger partial charge in [0, 0.05) is 25.7 Å². The molecule has 0 aromatic rings. The second-order valence-electron chi connectivity index (χ2n) is 26.9. The molecule has 0 aliphatic carbocycles. The molecule has 0 saturated carbocycles. The molecule has 0 amide bonds. The fraction of sp³-hybridized carbons (Fsp3) is 0.718. The van der Waals surface area contributed by atoms with E-state index in [-0.39, 0.29) is 25.7 Å². The minimum atomic E-state index is -4.99. The number of phosphoric acid groups is 2. The molecule has 0 bridgehead atoms. The van der Waals surface area contributed by atoms with Crippen molar-refractivity contribution >= 4 is 39.5 Å². The standard InChI is InChI=1S/C85H146O17P2/c1-5-9-13-17-21-25-29-33-37-38-39-40-44-46-50-54-58-62-66-70-83(88)96-76-81(102-85(90)72-68-64-60-56-52-48-43-36-32-28-24-20-16-12-8-4)78-100-104(93,94)98-74-79(86)73-97-103(91,92)99-77-80(101-84(89)71-67-63-59-55-51-47-42-35-31-27-23-19-15-11-7-3)75-95-82(87)69-65-61-57-53-49-45-41-34-30-26-22-18-14-10-6-2/h9-10,13-14,21-22,25-26,33-37,39-43,46,50,79-81,86H,5-8,11-12,15-20,23-24,27-32,38,44-45,47-49,51-78H2,1-4H3,(H,91,92)(H,93,94)/b13-9-,14-10-,25-21-,26-22-,37-33-,40-39-,41-34-,42-35-,43-36-,50-46-. The summed E-state index contributed by atoms with van der Waals surface area (Å²) in [6.45, 7) is 4.60. The maximum Gasteiger partial charge on any atom is 0.472 e. The van der Waals surface area contributed by atoms with Crippen molar-refractivity contribution in [3.8, 4) is 0 Å². The first-order chi connectivity index (χ1) is 50.7. The summed E-state index contributed by atoms with van der Waals surface area (Å²) < 4.78 is 68.6. The van der Waals surface area contributed by atoms with Gasteiger partial charge < -0.3 is 33.8 Å². The highest BCUT2D eigenvalue weighted by atomic mass is 31.2. The lowest BCUT2D eigenvalue weighted by atomic mass is 10.1. The minimum Gasteiger partial charge on any atom is -0.462 e. The number of esters is 4. The Morgan fingerprint density at radius 2 is 0.500 bits per heavy atom. The summed E-state index contributed by atoms with van der Waals surface area (Å²) in [6.07, 6.45) is 84.5. The van der Waals surface area contributed by atoms with Gasteiger partial charge in [-0.25, -0.2) is 9.13 Å². The molecule has 0 saturated heterocycles. The Hall–Kier alpha value is -4.54. The lowest BCUT2D eigenvalue weighted by molar-refractivity contribution is -0.161. The highest BCUT2D eigenvalue weighted by Gasteiger charge is 2.30. The zero-order valence-corrected chi connectivity index (χ0v) is 67.2. The summed E-state index contributed by atoms with van der Waals surface area (Å²) in [5.74, 6) is -2.24. The third-order valence-electron chi connectivity index (χ3n) is 16.9. The highest BCUT2D eigenvalue weighted by Crippen LogP contribution is 2.45. The fourth-order valence-electron chi connectivity index (χ4n) is 10.7. The topological polar surface area (TPSA) is 237 Å². The second-order valence-corrected chi connectivity index (χ2v) is 29.8. The van der Waals surface area contributed by atoms with E-state index in [2.05, 4.69) is 149 Å². The molecule has 17 nitrogen and oxygen atoms in total. The Labute approximate surface area is 632 Å². The molecule has 0 rings (SSSR count). The first kappa shape index (κ1) is 99.5. The van der Waals surface area contributed by atoms with Crippen LogP contribution < -0.4 is 0 Å². The smallest absolute Gasteiger partial charge is 0.462 e. The summed E-state index contributed by atoms with van der Waals surface area (Å²) in [5.41, 5.74) is 0. The van der Waals surface area contributed by atoms with Crippen molar-refractivity contribution in [2.75, 3.05) is 39.6 Å². The van der Waals surface area contributed by atoms with E-state index in [9.17, 15) is 43.2 Å². The Morgan fingerprint density at radius 1 is 0.279 bits per heavy atom. The van der Waals surface area contributed by atoms with Crippen molar-refractivity contribution in [1.29, 1.82) is 0 Å². The number of unbranched alkanes of at least 4 members (excludes halogenated alkanes) is 30. The second kappa shape index (κ2) is 76.6. The predicted molar refractivity (Wildman–Crippen MR) is 427 cm³/mol. The summed E-state index contributed by atoms with van der Waals surface area (Å²) in [4.78, 5) is 73.1. The molecule has 3 N–H and O–H groups in total. The van der Waals surface area contributed by atoms with Crippen LogP contribution in [0.5, 0.6) is 0 Å². The van der Waals surface area contributed by atoms with E-state index in [1.54, 1.807) is 0 Å². The molecule has 5 unspecified atom stereocenters. The number of ether oxygens (including phenoxy) is 4. The first-order valence-electron chi connectivity index (χ1n) is 40.8. The first-order valence-corrected chi connectivity index (χ1v) is 43.8. The third kappa shape index (κ3) is 75.7. The van der Waals surface area contributed by atoms with E-state index < -0.39 is 97.5 Å². The number of hydrogen-bond donors (Lipinski definition) is 3. The lowest BCUT2D eigenvalue weighted by Crippen LogP contribution is -2.30. The van der Waals surface area contributed by atoms with E-state index >= 15 is 0 Å². The molecule has 0 aliphatic rings. The average molecular weight is 1500 g/mol. The number of allylic oxidation sites excluding steroid dienone is 20. The van der Waals surface area contributed by atoms with Gasteiger partial charge in [-0.3, -0.25) is 37.3 Å². The van der Waals surface area contributed by atoms with Crippen LogP contribution in [0, 0.1) is 0 Å². The normalized spacial score (nSPS) is 14.5. The van der Waals surface area contributed by atoms with Crippen molar-refractivity contribution in [2.45, 2.75) is 354 Å². The van der Waals surface area contributed by atoms with Crippen molar-refractivity contribution < 1.29 is 80.2 Å². The van der Waals surface area contributed by atoms with E-state index in [0.717, 1.165) is 180 Å². The summed E-state index contributed by atoms with van der Waals surface area (Å²) in [5, 5.41) is 10.6. The molecule has 0 aromatic carbocycles. The van der Waals surface area contributed by atoms with Gasteiger partial charge in [0.1, 0.15) is 19.3 Å². The number of rotatable bonds is 76. The van der Waals surface area contributed by atoms with Crippen LogP contribution >= 0.6 is 15.6 Å². The summed E-state index contributed by atoms with van der Waals surface area (Å²) >= 11 is 0. The molecule has 0 fully saturated rings. The Bertz CT molecular complexity index is 2440. The lowest BCUT2D eigenvalue weighted by Gasteiger charge is -2.21. The van der Waals surface area contributed by atoms with Crippen LogP contribution in [0.3, 0.4) is 0 Å². The molecule has 0 aromatic heterocycles. The maximum absolute atomic E-state index is 13.1. The fourth-order valence-corrected chi connectivity index (χ4v) is 12.3. The van der Waals surface area contributed by atoms with Gasteiger partial charge in [-0.05, 0) is 154 Å². The molecule has 104 heavy (non-hydrogen) atoms. The van der Waals surface area contributed by atoms with Crippen LogP contribution in [0.25, 0.3) is 0 Å². The number of carbonyl (C=O) groups is 4. The molecule has 5 atom stereocenters. The van der Waals surface area contributed by atoms with Gasteiger partial charge in [0.2, 0.25) is 0 Å². The van der Waals surface area contributed by atoms with Gasteiger partial charge in [-0.2, -0.15) is 0 Å². The zero-order valence-electron chi connectivity index (χ0n) is 65.4. The van der Waals surface area contributed by atoms with Gasteiger partial charge in [0.15, 0.2) is 12.2 Å². The number of aliphatic hydroxyl groups excluding tert-OH is 1. The molecule has 19 heteroatoms. The van der Waals surface area contributed by atoms with E-state index in [0.29, 0.717) is 25.7 Å². The van der Waals surface area contributed by atoms with Crippen LogP contribution in [0.2, 0.25) is 0 Å². The highest BCUT2D eigenvalue weighted by molar-refractivity contribution is 7.47. The van der Waals surface area contributed by atoms with E-state index in [1.165, 1.54) is 77.0 Å². The molecular weight excluding hydrogens is 1350 g/mol. The van der Waals surface area contributed by atoms with Gasteiger partial charge in [-0.1, -0.05) is 278 Å². The Morgan fingerprint density at radius 3 is 0.788 bits per heavy atom. The quantitative estimate of drug-likeness (QED) is 0.0169. The number of phosphoric ester groups is 2. The van der Waals surface area contributed by atoms with Gasteiger partial charge in [0.05, 0.1) is 26.4 Å². The van der Waals surface area contributed by atoms with Crippen LogP contribution in [0.15, 0.2) is 122 Å². The zero-order chi connectivity index (χ0) is 76.0. The molecule has 0 spiro atoms. The molecular formula is C85H146O17P2. The van der Waals surface area contributed by atoms with Crippen LogP contribution in [0.1, 0.15) is 336 Å². The van der Waals surface area contributed by atoms with Crippen molar-refractivity contribution in [1.82, 2.24) is 0 Å². The largest absolute Gasteiger partial charge is 0.472 e. The van der Waals surface area contributed by atoms with Gasteiger partial charge >= 0.3 is 39.5 Å². The Kier molecular flexibility index (Phi) is 73.3. The van der Waals surface area contributed by atoms with Gasteiger partial charge in [-0.15, -0.1) is 0 Å². The predicted octanol–water partition coefficient (Wildman–Crippen LogP) is 23.9. The summed E-state index contributed by atoms with van der Waals surface area (Å²) in [7, 11) is -9.98. The van der Waals surface area contributed by atoms with Gasteiger partial charge in [0.25, 0.3) is 0 Å². The molecule has 0 radical (unpaired) electrons. The maximum atomic E-state index is 13.1. The Balaban J connectivity index is 5.41. The van der Waals surface area contributed by atoms with Crippen molar-refractivity contribution in [3.63, 3.8) is 0 Å². The van der Waals surface area contributed by atoms with E-state index in [4.69, 9.17) is 37.0 Å². The SMILES string of the molecule is CC/C=C\C/C=C\C/C=C\C/C=C\C/C=C\CCCCCC(=O)OCC(COP(=O)(O)OCC(O)COP(=O)(O)OCC(COC(=O)CCCCCCC/C=C\C/C=C\C/C=C\CC)OC(=O)CCCCCCC/C=C\CCCCCCCC)OC(=O)CCCCCCC/C=C\CCCCCCCC. The number of carbonyl (C=O) groups excluding carboxylic acids is 4.